The summed E-state index contributed by atoms with van der Waals surface area (Å²) in [6.45, 7) is 5.09. The number of alkyl halides is 1. The first-order valence-corrected chi connectivity index (χ1v) is 16.7. The van der Waals surface area contributed by atoms with E-state index in [2.05, 4.69) is 14.9 Å². The van der Waals surface area contributed by atoms with Crippen LogP contribution < -0.4 is 14.4 Å². The van der Waals surface area contributed by atoms with Gasteiger partial charge in [0.1, 0.15) is 47.1 Å². The number of aryl methyl sites for hydroxylation is 1. The lowest BCUT2D eigenvalue weighted by molar-refractivity contribution is -0.0123. The molecule has 9 nitrogen and oxygen atoms in total. The quantitative estimate of drug-likeness (QED) is 0.170. The molecular formula is C36H40F4N4O5. The zero-order valence-corrected chi connectivity index (χ0v) is 27.8. The molecule has 0 radical (unpaired) electrons. The van der Waals surface area contributed by atoms with Gasteiger partial charge in [0.15, 0.2) is 12.6 Å². The van der Waals surface area contributed by atoms with Crippen molar-refractivity contribution in [2.24, 2.45) is 0 Å². The van der Waals surface area contributed by atoms with Crippen LogP contribution in [0.4, 0.5) is 23.4 Å². The van der Waals surface area contributed by atoms with Crippen molar-refractivity contribution < 1.29 is 41.6 Å². The normalized spacial score (nSPS) is 24.5. The number of anilines is 1. The van der Waals surface area contributed by atoms with Crippen molar-refractivity contribution >= 4 is 27.5 Å². The smallest absolute Gasteiger partial charge is 0.319 e. The van der Waals surface area contributed by atoms with Crippen molar-refractivity contribution in [1.82, 2.24) is 14.9 Å². The number of halogens is 4. The van der Waals surface area contributed by atoms with Gasteiger partial charge in [0.2, 0.25) is 0 Å². The summed E-state index contributed by atoms with van der Waals surface area (Å²) >= 11 is 0. The van der Waals surface area contributed by atoms with Gasteiger partial charge in [-0.2, -0.15) is 9.97 Å². The molecule has 1 unspecified atom stereocenters. The minimum absolute atomic E-state index is 0.0622. The maximum atomic E-state index is 17.1. The highest BCUT2D eigenvalue weighted by Crippen LogP contribution is 2.43. The summed E-state index contributed by atoms with van der Waals surface area (Å²) < 4.78 is 85.9. The van der Waals surface area contributed by atoms with E-state index >= 15 is 13.2 Å². The van der Waals surface area contributed by atoms with Crippen molar-refractivity contribution in [2.45, 2.75) is 56.8 Å². The van der Waals surface area contributed by atoms with Crippen LogP contribution in [0.15, 0.2) is 30.3 Å². The first-order valence-electron chi connectivity index (χ1n) is 16.7. The topological polar surface area (TPSA) is 89.4 Å². The Kier molecular flexibility index (Phi) is 9.05. The van der Waals surface area contributed by atoms with Gasteiger partial charge in [0.05, 0.1) is 30.9 Å². The highest BCUT2D eigenvalue weighted by Gasteiger charge is 2.49. The molecule has 49 heavy (non-hydrogen) atoms. The van der Waals surface area contributed by atoms with Gasteiger partial charge in [0.25, 0.3) is 0 Å². The summed E-state index contributed by atoms with van der Waals surface area (Å²) in [4.78, 5) is 12.9. The molecule has 3 fully saturated rings. The third-order valence-corrected chi connectivity index (χ3v) is 9.93. The molecule has 13 heteroatoms. The minimum Gasteiger partial charge on any atom is -0.468 e. The largest absolute Gasteiger partial charge is 0.468 e. The molecule has 262 valence electrons. The van der Waals surface area contributed by atoms with Crippen LogP contribution in [0.5, 0.6) is 11.8 Å². The molecule has 0 spiro atoms. The maximum absolute atomic E-state index is 17.1. The van der Waals surface area contributed by atoms with Crippen molar-refractivity contribution in [2.75, 3.05) is 64.8 Å². The highest BCUT2D eigenvalue weighted by atomic mass is 19.1. The summed E-state index contributed by atoms with van der Waals surface area (Å²) in [6.07, 6.45) is 1.26. The first-order chi connectivity index (χ1) is 23.5. The fourth-order valence-corrected chi connectivity index (χ4v) is 7.78. The second-order valence-electron chi connectivity index (χ2n) is 13.6. The number of aliphatic hydroxyl groups is 1. The van der Waals surface area contributed by atoms with Crippen LogP contribution in [0.25, 0.3) is 32.8 Å². The standard InChI is InChI=1S/C36H40F4N4O5/c1-4-24-27(38)7-6-21-12-23(49-20-46-3)13-25(29(21)24)30-28(39)14-26-32(31(30)40)41-34(42-33(26)43-10-11-47-18-35(2,45)17-43)48-19-36-8-5-9-44(36)16-22(37)15-36/h6-7,12-14,22,45H,4-5,8-11,15-20H2,1-3H3/t22-,35?,36+/m1/s1. The second-order valence-corrected chi connectivity index (χ2v) is 13.6. The Morgan fingerprint density at radius 3 is 2.71 bits per heavy atom. The van der Waals surface area contributed by atoms with Crippen molar-refractivity contribution in [3.05, 3.63) is 53.3 Å². The zero-order chi connectivity index (χ0) is 34.5. The molecular weight excluding hydrogens is 644 g/mol. The molecule has 7 rings (SSSR count). The summed E-state index contributed by atoms with van der Waals surface area (Å²) in [5, 5.41) is 11.9. The molecule has 1 aromatic heterocycles. The van der Waals surface area contributed by atoms with E-state index in [9.17, 15) is 9.50 Å². The summed E-state index contributed by atoms with van der Waals surface area (Å²) in [5.41, 5.74) is -2.05. The lowest BCUT2D eigenvalue weighted by Gasteiger charge is -2.31. The molecule has 3 aromatic carbocycles. The molecule has 1 N–H and O–H groups in total. The van der Waals surface area contributed by atoms with Crippen LogP contribution in [-0.2, 0) is 15.9 Å². The van der Waals surface area contributed by atoms with Crippen molar-refractivity contribution in [3.8, 4) is 22.9 Å². The number of rotatable bonds is 9. The molecule has 0 bridgehead atoms. The molecule has 3 aliphatic rings. The van der Waals surface area contributed by atoms with E-state index in [1.165, 1.54) is 19.2 Å². The number of β-amino-alcohol motifs (C(OH)–C–C–N with tert-alkyl or cyclic N) is 1. The number of nitrogens with zero attached hydrogens (tertiary/aromatic N) is 4. The van der Waals surface area contributed by atoms with E-state index in [1.807, 2.05) is 0 Å². The maximum Gasteiger partial charge on any atom is 0.319 e. The average Bonchev–Trinajstić information content (AvgIpc) is 3.52. The first kappa shape index (κ1) is 33.7. The molecule has 3 saturated heterocycles. The number of fused-ring (bicyclic) bond motifs is 3. The number of methoxy groups -OCH3 is 1. The monoisotopic (exact) mass is 684 g/mol. The molecule has 3 atom stereocenters. The van der Waals surface area contributed by atoms with Gasteiger partial charge in [-0.3, -0.25) is 4.90 Å². The Balaban J connectivity index is 1.42. The zero-order valence-electron chi connectivity index (χ0n) is 27.8. The SMILES string of the molecule is CCc1c(F)ccc2cc(OCOC)cc(-c3c(F)cc4c(N5CCOCC(C)(O)C5)nc(OC[C@@]56CCCN5C[C@H](F)C6)nc4c3F)c12. The van der Waals surface area contributed by atoms with Crippen molar-refractivity contribution in [1.29, 1.82) is 0 Å². The average molecular weight is 685 g/mol. The van der Waals surface area contributed by atoms with Crippen LogP contribution in [-0.4, -0.2) is 97.2 Å². The number of ether oxygens (including phenoxy) is 4. The fourth-order valence-electron chi connectivity index (χ4n) is 7.78. The van der Waals surface area contributed by atoms with Crippen LogP contribution in [0, 0.1) is 17.5 Å². The van der Waals surface area contributed by atoms with Gasteiger partial charge < -0.3 is 29.0 Å². The van der Waals surface area contributed by atoms with Crippen LogP contribution in [0.2, 0.25) is 0 Å². The number of hydrogen-bond acceptors (Lipinski definition) is 9. The van der Waals surface area contributed by atoms with Gasteiger partial charge in [-0.1, -0.05) is 13.0 Å². The third-order valence-electron chi connectivity index (χ3n) is 9.93. The highest BCUT2D eigenvalue weighted by molar-refractivity contribution is 6.03. The fraction of sp³-hybridized carbons (Fsp3) is 0.500. The lowest BCUT2D eigenvalue weighted by Crippen LogP contribution is -2.44. The lowest BCUT2D eigenvalue weighted by atomic mass is 9.91. The number of aromatic nitrogens is 2. The Bertz CT molecular complexity index is 1890. The molecule has 3 aliphatic heterocycles. The van der Waals surface area contributed by atoms with Gasteiger partial charge in [-0.05, 0) is 78.9 Å². The summed E-state index contributed by atoms with van der Waals surface area (Å²) in [7, 11) is 1.45. The van der Waals surface area contributed by atoms with Crippen LogP contribution >= 0.6 is 0 Å². The Morgan fingerprint density at radius 2 is 1.92 bits per heavy atom. The Morgan fingerprint density at radius 1 is 1.08 bits per heavy atom. The van der Waals surface area contributed by atoms with E-state index in [1.54, 1.807) is 30.9 Å². The van der Waals surface area contributed by atoms with Crippen LogP contribution in [0.1, 0.15) is 38.7 Å². The Hall–Kier alpha value is -3.78. The van der Waals surface area contributed by atoms with Gasteiger partial charge in [-0.15, -0.1) is 0 Å². The second kappa shape index (κ2) is 13.2. The van der Waals surface area contributed by atoms with E-state index in [0.717, 1.165) is 25.5 Å². The van der Waals surface area contributed by atoms with E-state index in [4.69, 9.17) is 18.9 Å². The Labute approximate surface area is 281 Å². The van der Waals surface area contributed by atoms with Gasteiger partial charge in [-0.25, -0.2) is 17.6 Å². The predicted molar refractivity (Wildman–Crippen MR) is 176 cm³/mol. The number of hydrogen-bond donors (Lipinski definition) is 1. The molecule has 0 saturated carbocycles. The minimum atomic E-state index is -1.28. The van der Waals surface area contributed by atoms with E-state index in [-0.39, 0.29) is 80.2 Å². The molecule has 0 aliphatic carbocycles. The van der Waals surface area contributed by atoms with E-state index < -0.39 is 40.3 Å². The van der Waals surface area contributed by atoms with E-state index in [0.29, 0.717) is 29.3 Å². The van der Waals surface area contributed by atoms with Gasteiger partial charge >= 0.3 is 6.01 Å². The number of benzene rings is 3. The molecule has 4 aromatic rings. The van der Waals surface area contributed by atoms with Gasteiger partial charge in [0, 0.05) is 32.0 Å². The predicted octanol–water partition coefficient (Wildman–Crippen LogP) is 5.96. The third kappa shape index (κ3) is 6.26. The summed E-state index contributed by atoms with van der Waals surface area (Å²) in [6, 6.07) is 7.01. The van der Waals surface area contributed by atoms with Crippen LogP contribution in [0.3, 0.4) is 0 Å². The van der Waals surface area contributed by atoms with Crippen molar-refractivity contribution in [3.63, 3.8) is 0 Å². The molecule has 0 amide bonds. The summed E-state index contributed by atoms with van der Waals surface area (Å²) in [5.74, 6) is -1.98. The molecule has 4 heterocycles.